The quantitative estimate of drug-likeness (QED) is 0.514. The number of benzene rings is 1. The highest BCUT2D eigenvalue weighted by atomic mass is 16.5. The van der Waals surface area contributed by atoms with Crippen molar-refractivity contribution in [2.75, 3.05) is 33.3 Å². The first-order valence-electron chi connectivity index (χ1n) is 8.61. The standard InChI is InChI=1S/C19H30N2O/c1-22-19-9-7-18(8-10-19)12-14-21-16-15-20-13-11-17-5-3-2-4-6-17/h5,7-10,20-21H,2-4,6,11-16H2,1H3. The van der Waals surface area contributed by atoms with Gasteiger partial charge >= 0.3 is 0 Å². The van der Waals surface area contributed by atoms with Gasteiger partial charge in [0.1, 0.15) is 5.75 Å². The molecule has 0 atom stereocenters. The third-order valence-corrected chi connectivity index (χ3v) is 4.24. The van der Waals surface area contributed by atoms with Crippen LogP contribution in [0.5, 0.6) is 5.75 Å². The van der Waals surface area contributed by atoms with E-state index in [1.54, 1.807) is 12.7 Å². The second-order valence-electron chi connectivity index (χ2n) is 5.96. The molecular formula is C19H30N2O. The maximum atomic E-state index is 5.17. The monoisotopic (exact) mass is 302 g/mol. The minimum absolute atomic E-state index is 0.925. The molecule has 122 valence electrons. The van der Waals surface area contributed by atoms with E-state index in [1.165, 1.54) is 37.7 Å². The Morgan fingerprint density at radius 1 is 0.909 bits per heavy atom. The number of hydrogen-bond donors (Lipinski definition) is 2. The maximum absolute atomic E-state index is 5.17. The molecule has 0 spiro atoms. The van der Waals surface area contributed by atoms with Gasteiger partial charge in [0, 0.05) is 13.1 Å². The zero-order chi connectivity index (χ0) is 15.5. The third-order valence-electron chi connectivity index (χ3n) is 4.24. The van der Waals surface area contributed by atoms with E-state index in [4.69, 9.17) is 4.74 Å². The summed E-state index contributed by atoms with van der Waals surface area (Å²) in [5, 5.41) is 7.02. The van der Waals surface area contributed by atoms with E-state index >= 15 is 0 Å². The third kappa shape index (κ3) is 6.63. The number of allylic oxidation sites excluding steroid dienone is 1. The van der Waals surface area contributed by atoms with E-state index in [0.29, 0.717) is 0 Å². The maximum Gasteiger partial charge on any atom is 0.118 e. The number of methoxy groups -OCH3 is 1. The molecule has 0 heterocycles. The van der Waals surface area contributed by atoms with E-state index < -0.39 is 0 Å². The van der Waals surface area contributed by atoms with Crippen LogP contribution in [0.1, 0.15) is 37.7 Å². The molecule has 1 aliphatic carbocycles. The van der Waals surface area contributed by atoms with Crippen molar-refractivity contribution in [1.29, 1.82) is 0 Å². The van der Waals surface area contributed by atoms with E-state index in [-0.39, 0.29) is 0 Å². The van der Waals surface area contributed by atoms with Gasteiger partial charge < -0.3 is 15.4 Å². The lowest BCUT2D eigenvalue weighted by Gasteiger charge is -2.13. The molecule has 0 aromatic heterocycles. The van der Waals surface area contributed by atoms with Gasteiger partial charge in [0.05, 0.1) is 7.11 Å². The van der Waals surface area contributed by atoms with E-state index in [0.717, 1.165) is 38.3 Å². The number of hydrogen-bond acceptors (Lipinski definition) is 3. The molecule has 2 rings (SSSR count). The lowest BCUT2D eigenvalue weighted by molar-refractivity contribution is 0.414. The van der Waals surface area contributed by atoms with Crippen LogP contribution in [0.15, 0.2) is 35.9 Å². The lowest BCUT2D eigenvalue weighted by Crippen LogP contribution is -2.29. The molecule has 2 N–H and O–H groups in total. The Kier molecular flexibility index (Phi) is 8.07. The molecule has 0 saturated heterocycles. The Morgan fingerprint density at radius 3 is 2.27 bits per heavy atom. The molecular weight excluding hydrogens is 272 g/mol. The molecule has 0 fully saturated rings. The normalized spacial score (nSPS) is 14.7. The fourth-order valence-corrected chi connectivity index (χ4v) is 2.83. The minimum atomic E-state index is 0.925. The van der Waals surface area contributed by atoms with Crippen LogP contribution in [0, 0.1) is 0 Å². The van der Waals surface area contributed by atoms with Crippen molar-refractivity contribution in [2.45, 2.75) is 38.5 Å². The smallest absolute Gasteiger partial charge is 0.118 e. The Morgan fingerprint density at radius 2 is 1.64 bits per heavy atom. The van der Waals surface area contributed by atoms with Crippen molar-refractivity contribution >= 4 is 0 Å². The van der Waals surface area contributed by atoms with Crippen molar-refractivity contribution in [1.82, 2.24) is 10.6 Å². The van der Waals surface area contributed by atoms with Crippen LogP contribution in [-0.4, -0.2) is 33.3 Å². The van der Waals surface area contributed by atoms with Crippen LogP contribution < -0.4 is 15.4 Å². The molecule has 0 saturated carbocycles. The SMILES string of the molecule is COc1ccc(CCNCCNCCC2=CCCCC2)cc1. The number of nitrogens with one attached hydrogen (secondary N) is 2. The van der Waals surface area contributed by atoms with Gasteiger partial charge in [0.15, 0.2) is 0 Å². The van der Waals surface area contributed by atoms with Crippen LogP contribution in [-0.2, 0) is 6.42 Å². The van der Waals surface area contributed by atoms with E-state index in [1.807, 2.05) is 12.1 Å². The summed E-state index contributed by atoms with van der Waals surface area (Å²) in [6.07, 6.45) is 10.1. The highest BCUT2D eigenvalue weighted by Gasteiger charge is 2.02. The van der Waals surface area contributed by atoms with Crippen LogP contribution in [0.25, 0.3) is 0 Å². The Labute approximate surface area is 135 Å². The summed E-state index contributed by atoms with van der Waals surface area (Å²) in [4.78, 5) is 0. The summed E-state index contributed by atoms with van der Waals surface area (Å²) in [7, 11) is 1.70. The minimum Gasteiger partial charge on any atom is -0.497 e. The Bertz CT molecular complexity index is 439. The second-order valence-corrected chi connectivity index (χ2v) is 5.96. The van der Waals surface area contributed by atoms with Crippen LogP contribution in [0.3, 0.4) is 0 Å². The molecule has 0 radical (unpaired) electrons. The van der Waals surface area contributed by atoms with Crippen LogP contribution in [0.4, 0.5) is 0 Å². The van der Waals surface area contributed by atoms with Crippen LogP contribution >= 0.6 is 0 Å². The summed E-state index contributed by atoms with van der Waals surface area (Å²) >= 11 is 0. The summed E-state index contributed by atoms with van der Waals surface area (Å²) in [6, 6.07) is 8.32. The first kappa shape index (κ1) is 17.0. The number of ether oxygens (including phenoxy) is 1. The predicted molar refractivity (Wildman–Crippen MR) is 93.6 cm³/mol. The summed E-state index contributed by atoms with van der Waals surface area (Å²) in [5.74, 6) is 0.925. The van der Waals surface area contributed by atoms with Gasteiger partial charge in [0.25, 0.3) is 0 Å². The number of rotatable bonds is 10. The first-order chi connectivity index (χ1) is 10.9. The highest BCUT2D eigenvalue weighted by molar-refractivity contribution is 5.27. The summed E-state index contributed by atoms with van der Waals surface area (Å²) < 4.78 is 5.17. The van der Waals surface area contributed by atoms with Gasteiger partial charge in [-0.25, -0.2) is 0 Å². The Balaban J connectivity index is 1.44. The van der Waals surface area contributed by atoms with Crippen molar-refractivity contribution in [2.24, 2.45) is 0 Å². The fourth-order valence-electron chi connectivity index (χ4n) is 2.83. The first-order valence-corrected chi connectivity index (χ1v) is 8.61. The molecule has 0 aliphatic heterocycles. The van der Waals surface area contributed by atoms with E-state index in [9.17, 15) is 0 Å². The highest BCUT2D eigenvalue weighted by Crippen LogP contribution is 2.19. The molecule has 0 bridgehead atoms. The van der Waals surface area contributed by atoms with Gasteiger partial charge in [-0.1, -0.05) is 23.8 Å². The molecule has 1 aromatic rings. The summed E-state index contributed by atoms with van der Waals surface area (Å²) in [6.45, 7) is 4.23. The molecule has 1 aliphatic rings. The van der Waals surface area contributed by atoms with Crippen molar-refractivity contribution in [3.8, 4) is 5.75 Å². The molecule has 1 aromatic carbocycles. The second kappa shape index (κ2) is 10.4. The van der Waals surface area contributed by atoms with Gasteiger partial charge in [-0.2, -0.15) is 0 Å². The van der Waals surface area contributed by atoms with Gasteiger partial charge in [-0.3, -0.25) is 0 Å². The predicted octanol–water partition coefficient (Wildman–Crippen LogP) is 3.31. The average Bonchev–Trinajstić information content (AvgIpc) is 2.59. The molecule has 3 nitrogen and oxygen atoms in total. The zero-order valence-electron chi connectivity index (χ0n) is 13.9. The molecule has 22 heavy (non-hydrogen) atoms. The molecule has 0 amide bonds. The van der Waals surface area contributed by atoms with Crippen LogP contribution in [0.2, 0.25) is 0 Å². The largest absolute Gasteiger partial charge is 0.497 e. The zero-order valence-corrected chi connectivity index (χ0v) is 13.9. The van der Waals surface area contributed by atoms with Crippen molar-refractivity contribution in [3.05, 3.63) is 41.5 Å². The van der Waals surface area contributed by atoms with Gasteiger partial charge in [-0.05, 0) is 69.3 Å². The van der Waals surface area contributed by atoms with E-state index in [2.05, 4.69) is 28.8 Å². The van der Waals surface area contributed by atoms with Gasteiger partial charge in [0.2, 0.25) is 0 Å². The van der Waals surface area contributed by atoms with Crippen molar-refractivity contribution in [3.63, 3.8) is 0 Å². The van der Waals surface area contributed by atoms with Gasteiger partial charge in [-0.15, -0.1) is 0 Å². The molecule has 3 heteroatoms. The fraction of sp³-hybridized carbons (Fsp3) is 0.579. The summed E-state index contributed by atoms with van der Waals surface area (Å²) in [5.41, 5.74) is 3.01. The average molecular weight is 302 g/mol. The Hall–Kier alpha value is -1.32. The topological polar surface area (TPSA) is 33.3 Å². The lowest BCUT2D eigenvalue weighted by atomic mass is 9.97. The molecule has 0 unspecified atom stereocenters. The van der Waals surface area contributed by atoms with Crippen molar-refractivity contribution < 1.29 is 4.74 Å².